The van der Waals surface area contributed by atoms with Gasteiger partial charge in [-0.2, -0.15) is 13.2 Å². The molecule has 0 bridgehead atoms. The molecule has 0 saturated heterocycles. The topological polar surface area (TPSA) is 90.9 Å². The van der Waals surface area contributed by atoms with Crippen molar-refractivity contribution in [2.24, 2.45) is 5.14 Å². The molecule has 19 heavy (non-hydrogen) atoms. The Bertz CT molecular complexity index is 691. The van der Waals surface area contributed by atoms with Crippen LogP contribution in [0.25, 0.3) is 5.69 Å². The zero-order valence-electron chi connectivity index (χ0n) is 9.16. The van der Waals surface area contributed by atoms with Crippen molar-refractivity contribution in [2.45, 2.75) is 11.1 Å². The molecule has 1 heterocycles. The minimum Gasteiger partial charge on any atom is -0.225 e. The van der Waals surface area contributed by atoms with Crippen LogP contribution in [-0.2, 0) is 16.2 Å². The van der Waals surface area contributed by atoms with E-state index in [-0.39, 0.29) is 10.6 Å². The van der Waals surface area contributed by atoms with Crippen molar-refractivity contribution in [3.63, 3.8) is 0 Å². The first-order valence-electron chi connectivity index (χ1n) is 4.80. The maximum absolute atomic E-state index is 12.3. The number of aromatic nitrogens is 3. The van der Waals surface area contributed by atoms with Crippen molar-refractivity contribution in [2.75, 3.05) is 0 Å². The Hall–Kier alpha value is -1.94. The fourth-order valence-electron chi connectivity index (χ4n) is 1.31. The third kappa shape index (κ3) is 2.90. The SMILES string of the molecule is NS(=O)(=O)c1ccc(-n2cnc(C(F)(F)F)n2)cc1. The van der Waals surface area contributed by atoms with Crippen molar-refractivity contribution in [3.8, 4) is 5.69 Å². The molecule has 0 amide bonds. The second kappa shape index (κ2) is 4.31. The molecule has 0 radical (unpaired) electrons. The van der Waals surface area contributed by atoms with Crippen LogP contribution in [0.15, 0.2) is 35.5 Å². The third-order valence-corrected chi connectivity index (χ3v) is 3.10. The Morgan fingerprint density at radius 2 is 1.74 bits per heavy atom. The van der Waals surface area contributed by atoms with Crippen LogP contribution < -0.4 is 5.14 Å². The monoisotopic (exact) mass is 292 g/mol. The molecule has 2 rings (SSSR count). The predicted octanol–water partition coefficient (Wildman–Crippen LogP) is 0.934. The molecule has 0 spiro atoms. The summed E-state index contributed by atoms with van der Waals surface area (Å²) in [5, 5.41) is 8.14. The van der Waals surface area contributed by atoms with Crippen LogP contribution in [0.2, 0.25) is 0 Å². The fraction of sp³-hybridized carbons (Fsp3) is 0.111. The molecular formula is C9H7F3N4O2S. The van der Waals surface area contributed by atoms with E-state index in [1.807, 2.05) is 0 Å². The number of sulfonamides is 1. The summed E-state index contributed by atoms with van der Waals surface area (Å²) in [6.45, 7) is 0. The quantitative estimate of drug-likeness (QED) is 0.891. The van der Waals surface area contributed by atoms with Crippen molar-refractivity contribution in [1.29, 1.82) is 0 Å². The summed E-state index contributed by atoms with van der Waals surface area (Å²) in [5.41, 5.74) is 0.232. The zero-order valence-corrected chi connectivity index (χ0v) is 9.98. The van der Waals surface area contributed by atoms with Crippen molar-refractivity contribution in [3.05, 3.63) is 36.4 Å². The summed E-state index contributed by atoms with van der Waals surface area (Å²) in [4.78, 5) is 2.97. The maximum Gasteiger partial charge on any atom is 0.453 e. The number of hydrogen-bond acceptors (Lipinski definition) is 4. The van der Waals surface area contributed by atoms with E-state index in [1.54, 1.807) is 0 Å². The van der Waals surface area contributed by atoms with Gasteiger partial charge in [-0.1, -0.05) is 0 Å². The molecule has 0 aliphatic carbocycles. The number of alkyl halides is 3. The first-order valence-corrected chi connectivity index (χ1v) is 6.35. The summed E-state index contributed by atoms with van der Waals surface area (Å²) in [5.74, 6) is -1.27. The van der Waals surface area contributed by atoms with Gasteiger partial charge in [0.05, 0.1) is 10.6 Å². The van der Waals surface area contributed by atoms with E-state index in [1.165, 1.54) is 24.3 Å². The molecule has 10 heteroatoms. The third-order valence-electron chi connectivity index (χ3n) is 2.18. The van der Waals surface area contributed by atoms with E-state index in [0.29, 0.717) is 0 Å². The summed E-state index contributed by atoms with van der Waals surface area (Å²) in [6, 6.07) is 4.88. The summed E-state index contributed by atoms with van der Waals surface area (Å²) in [6.07, 6.45) is -3.75. The van der Waals surface area contributed by atoms with Gasteiger partial charge in [0.25, 0.3) is 5.82 Å². The van der Waals surface area contributed by atoms with Crippen LogP contribution in [0, 0.1) is 0 Å². The first-order chi connectivity index (χ1) is 8.68. The number of primary sulfonamides is 1. The molecule has 0 saturated carbocycles. The standard InChI is InChI=1S/C9H7F3N4O2S/c10-9(11,12)8-14-5-16(15-8)6-1-3-7(4-2-6)19(13,17)18/h1-5H,(H2,13,17,18). The lowest BCUT2D eigenvalue weighted by Crippen LogP contribution is -2.12. The van der Waals surface area contributed by atoms with Gasteiger partial charge in [0, 0.05) is 0 Å². The highest BCUT2D eigenvalue weighted by molar-refractivity contribution is 7.89. The average Bonchev–Trinajstić information content (AvgIpc) is 2.77. The molecule has 102 valence electrons. The van der Waals surface area contributed by atoms with Crippen molar-refractivity contribution >= 4 is 10.0 Å². The summed E-state index contributed by atoms with van der Waals surface area (Å²) in [7, 11) is -3.85. The molecule has 0 unspecified atom stereocenters. The van der Waals surface area contributed by atoms with Gasteiger partial charge >= 0.3 is 6.18 Å². The van der Waals surface area contributed by atoms with Gasteiger partial charge in [-0.05, 0) is 24.3 Å². The van der Waals surface area contributed by atoms with Gasteiger partial charge in [0.2, 0.25) is 10.0 Å². The Kier molecular flexibility index (Phi) is 3.06. The fourth-order valence-corrected chi connectivity index (χ4v) is 1.82. The normalized spacial score (nSPS) is 12.6. The molecule has 0 atom stereocenters. The van der Waals surface area contributed by atoms with E-state index in [9.17, 15) is 21.6 Å². The van der Waals surface area contributed by atoms with Gasteiger partial charge in [-0.25, -0.2) is 23.2 Å². The van der Waals surface area contributed by atoms with Gasteiger partial charge in [-0.15, -0.1) is 5.10 Å². The van der Waals surface area contributed by atoms with Crippen LogP contribution in [0.1, 0.15) is 5.82 Å². The lowest BCUT2D eigenvalue weighted by atomic mass is 10.3. The number of nitrogens with two attached hydrogens (primary N) is 1. The van der Waals surface area contributed by atoms with Gasteiger partial charge in [0.1, 0.15) is 6.33 Å². The number of halogens is 3. The Labute approximate surface area is 105 Å². The smallest absolute Gasteiger partial charge is 0.225 e. The van der Waals surface area contributed by atoms with E-state index < -0.39 is 22.0 Å². The number of hydrogen-bond donors (Lipinski definition) is 1. The molecule has 1 aromatic carbocycles. The largest absolute Gasteiger partial charge is 0.453 e. The number of benzene rings is 1. The highest BCUT2D eigenvalue weighted by atomic mass is 32.2. The van der Waals surface area contributed by atoms with Crippen molar-refractivity contribution in [1.82, 2.24) is 14.8 Å². The molecule has 2 aromatic rings. The van der Waals surface area contributed by atoms with Crippen LogP contribution in [0.5, 0.6) is 0 Å². The van der Waals surface area contributed by atoms with Crippen molar-refractivity contribution < 1.29 is 21.6 Å². The lowest BCUT2D eigenvalue weighted by molar-refractivity contribution is -0.144. The highest BCUT2D eigenvalue weighted by Gasteiger charge is 2.35. The molecule has 0 aliphatic rings. The molecule has 6 nitrogen and oxygen atoms in total. The second-order valence-corrected chi connectivity index (χ2v) is 5.11. The summed E-state index contributed by atoms with van der Waals surface area (Å²) < 4.78 is 59.8. The Balaban J connectivity index is 2.36. The molecular weight excluding hydrogens is 285 g/mol. The van der Waals surface area contributed by atoms with E-state index in [2.05, 4.69) is 10.1 Å². The Morgan fingerprint density at radius 1 is 1.16 bits per heavy atom. The molecule has 2 N–H and O–H groups in total. The number of nitrogens with zero attached hydrogens (tertiary/aromatic N) is 3. The van der Waals surface area contributed by atoms with E-state index >= 15 is 0 Å². The minimum absolute atomic E-state index is 0.146. The zero-order chi connectivity index (χ0) is 14.3. The lowest BCUT2D eigenvalue weighted by Gasteiger charge is -2.02. The van der Waals surface area contributed by atoms with Crippen LogP contribution in [-0.4, -0.2) is 23.2 Å². The molecule has 0 fully saturated rings. The maximum atomic E-state index is 12.3. The van der Waals surface area contributed by atoms with Gasteiger partial charge in [0.15, 0.2) is 0 Å². The molecule has 0 aliphatic heterocycles. The van der Waals surface area contributed by atoms with Crippen LogP contribution in [0.3, 0.4) is 0 Å². The number of rotatable bonds is 2. The van der Waals surface area contributed by atoms with E-state index in [4.69, 9.17) is 5.14 Å². The Morgan fingerprint density at radius 3 is 2.16 bits per heavy atom. The van der Waals surface area contributed by atoms with Gasteiger partial charge in [-0.3, -0.25) is 0 Å². The van der Waals surface area contributed by atoms with Crippen LogP contribution >= 0.6 is 0 Å². The second-order valence-electron chi connectivity index (χ2n) is 3.55. The van der Waals surface area contributed by atoms with Gasteiger partial charge < -0.3 is 0 Å². The highest BCUT2D eigenvalue weighted by Crippen LogP contribution is 2.26. The first kappa shape index (κ1) is 13.5. The predicted molar refractivity (Wildman–Crippen MR) is 57.7 cm³/mol. The summed E-state index contributed by atoms with van der Waals surface area (Å²) >= 11 is 0. The molecule has 1 aromatic heterocycles. The van der Waals surface area contributed by atoms with Crippen LogP contribution in [0.4, 0.5) is 13.2 Å². The van der Waals surface area contributed by atoms with E-state index in [0.717, 1.165) is 11.0 Å². The average molecular weight is 292 g/mol. The minimum atomic E-state index is -4.63.